The molecule has 6 nitrogen and oxygen atoms in total. The first kappa shape index (κ1) is 24.1. The van der Waals surface area contributed by atoms with E-state index in [1.54, 1.807) is 11.0 Å². The van der Waals surface area contributed by atoms with Crippen LogP contribution in [0.4, 0.5) is 4.79 Å². The Morgan fingerprint density at radius 2 is 1.79 bits per heavy atom. The topological polar surface area (TPSA) is 70.1 Å². The van der Waals surface area contributed by atoms with Gasteiger partial charge >= 0.3 is 6.09 Å². The number of aromatic hydroxyl groups is 1. The Morgan fingerprint density at radius 3 is 2.44 bits per heavy atom. The number of likely N-dealkylation sites (tertiary alicyclic amines) is 1. The lowest BCUT2D eigenvalue weighted by Gasteiger charge is -2.47. The van der Waals surface area contributed by atoms with Crippen molar-refractivity contribution in [2.24, 2.45) is 5.92 Å². The van der Waals surface area contributed by atoms with Crippen LogP contribution in [0.5, 0.6) is 5.75 Å². The van der Waals surface area contributed by atoms with E-state index in [1.807, 2.05) is 62.1 Å². The normalized spacial score (nSPS) is 25.0. The summed E-state index contributed by atoms with van der Waals surface area (Å²) in [6.45, 7) is 11.5. The van der Waals surface area contributed by atoms with Crippen LogP contribution in [0.2, 0.25) is 0 Å². The van der Waals surface area contributed by atoms with Gasteiger partial charge in [-0.2, -0.15) is 0 Å². The second-order valence-corrected chi connectivity index (χ2v) is 11.0. The molecule has 34 heavy (non-hydrogen) atoms. The van der Waals surface area contributed by atoms with E-state index in [1.165, 1.54) is 0 Å². The Balaban J connectivity index is 1.56. The fraction of sp³-hybridized carbons (Fsp3) is 0.500. The summed E-state index contributed by atoms with van der Waals surface area (Å²) in [5.74, 6) is 0.432. The van der Waals surface area contributed by atoms with Crippen LogP contribution in [0.3, 0.4) is 0 Å². The van der Waals surface area contributed by atoms with Gasteiger partial charge in [0, 0.05) is 19.5 Å². The van der Waals surface area contributed by atoms with Gasteiger partial charge in [0.1, 0.15) is 17.4 Å². The molecule has 0 aromatic heterocycles. The third-order valence-corrected chi connectivity index (χ3v) is 7.46. The Kier molecular flexibility index (Phi) is 6.36. The minimum absolute atomic E-state index is 0.0230. The maximum atomic E-state index is 13.8. The maximum absolute atomic E-state index is 13.8. The zero-order valence-corrected chi connectivity index (χ0v) is 20.9. The van der Waals surface area contributed by atoms with Crippen molar-refractivity contribution in [3.8, 4) is 5.75 Å². The first-order valence-electron chi connectivity index (χ1n) is 12.1. The SMILES string of the molecule is C[C@H]1CN(C(=O)[C@H]2Cc3ccccc3CN2C(=O)OC(C)(C)C)CC[C@@]1(C)c1cccc(O)c1. The molecule has 2 amide bonds. The number of phenols is 1. The number of phenolic OH excluding ortho intramolecular Hbond substituents is 1. The molecular weight excluding hydrogens is 428 g/mol. The van der Waals surface area contributed by atoms with Crippen LogP contribution in [0, 0.1) is 5.92 Å². The largest absolute Gasteiger partial charge is 0.508 e. The predicted octanol–water partition coefficient (Wildman–Crippen LogP) is 4.88. The lowest BCUT2D eigenvalue weighted by Crippen LogP contribution is -2.58. The highest BCUT2D eigenvalue weighted by atomic mass is 16.6. The number of rotatable bonds is 2. The number of hydrogen-bond acceptors (Lipinski definition) is 4. The molecule has 2 aliphatic heterocycles. The first-order chi connectivity index (χ1) is 16.0. The molecule has 0 saturated carbocycles. The number of hydrogen-bond donors (Lipinski definition) is 1. The van der Waals surface area contributed by atoms with Crippen molar-refractivity contribution in [3.05, 3.63) is 65.2 Å². The van der Waals surface area contributed by atoms with Gasteiger partial charge in [-0.1, -0.05) is 50.2 Å². The van der Waals surface area contributed by atoms with Crippen molar-refractivity contribution in [1.29, 1.82) is 0 Å². The van der Waals surface area contributed by atoms with E-state index in [-0.39, 0.29) is 23.0 Å². The smallest absolute Gasteiger partial charge is 0.411 e. The Bertz CT molecular complexity index is 1080. The van der Waals surface area contributed by atoms with E-state index >= 15 is 0 Å². The monoisotopic (exact) mass is 464 g/mol. The van der Waals surface area contributed by atoms with E-state index < -0.39 is 17.7 Å². The number of benzene rings is 2. The Morgan fingerprint density at radius 1 is 1.09 bits per heavy atom. The molecule has 0 bridgehead atoms. The lowest BCUT2D eigenvalue weighted by molar-refractivity contribution is -0.140. The van der Waals surface area contributed by atoms with Gasteiger partial charge in [-0.25, -0.2) is 4.79 Å². The van der Waals surface area contributed by atoms with E-state index in [0.717, 1.165) is 23.1 Å². The van der Waals surface area contributed by atoms with E-state index in [0.29, 0.717) is 26.1 Å². The Hall–Kier alpha value is -3.02. The molecule has 3 atom stereocenters. The summed E-state index contributed by atoms with van der Waals surface area (Å²) in [6, 6.07) is 14.8. The molecule has 0 unspecified atom stereocenters. The number of amides is 2. The first-order valence-corrected chi connectivity index (χ1v) is 12.1. The van der Waals surface area contributed by atoms with Gasteiger partial charge in [0.25, 0.3) is 0 Å². The van der Waals surface area contributed by atoms with Crippen LogP contribution in [0.15, 0.2) is 48.5 Å². The van der Waals surface area contributed by atoms with Crippen LogP contribution in [-0.2, 0) is 27.9 Å². The summed E-state index contributed by atoms with van der Waals surface area (Å²) in [4.78, 5) is 30.5. The van der Waals surface area contributed by atoms with Gasteiger partial charge in [-0.3, -0.25) is 9.69 Å². The quantitative estimate of drug-likeness (QED) is 0.688. The highest BCUT2D eigenvalue weighted by Crippen LogP contribution is 2.41. The maximum Gasteiger partial charge on any atom is 0.411 e. The average Bonchev–Trinajstić information content (AvgIpc) is 2.78. The van der Waals surface area contributed by atoms with Crippen molar-refractivity contribution >= 4 is 12.0 Å². The third-order valence-electron chi connectivity index (χ3n) is 7.46. The number of piperidine rings is 1. The van der Waals surface area contributed by atoms with Crippen LogP contribution in [0.25, 0.3) is 0 Å². The second-order valence-electron chi connectivity index (χ2n) is 11.0. The highest BCUT2D eigenvalue weighted by molar-refractivity contribution is 5.87. The van der Waals surface area contributed by atoms with Gasteiger partial charge < -0.3 is 14.7 Å². The molecule has 6 heteroatoms. The number of carbonyl (C=O) groups excluding carboxylic acids is 2. The summed E-state index contributed by atoms with van der Waals surface area (Å²) in [7, 11) is 0. The summed E-state index contributed by atoms with van der Waals surface area (Å²) < 4.78 is 5.68. The molecule has 1 saturated heterocycles. The minimum Gasteiger partial charge on any atom is -0.508 e. The second kappa shape index (κ2) is 8.97. The third kappa shape index (κ3) is 4.77. The van der Waals surface area contributed by atoms with E-state index in [9.17, 15) is 14.7 Å². The predicted molar refractivity (Wildman–Crippen MR) is 132 cm³/mol. The van der Waals surface area contributed by atoms with Gasteiger partial charge in [0.15, 0.2) is 0 Å². The number of carbonyl (C=O) groups is 2. The molecule has 0 aliphatic carbocycles. The molecule has 2 aliphatic rings. The van der Waals surface area contributed by atoms with Gasteiger partial charge in [0.2, 0.25) is 5.91 Å². The molecule has 2 aromatic carbocycles. The Labute approximate surface area is 202 Å². The highest BCUT2D eigenvalue weighted by Gasteiger charge is 2.44. The molecule has 0 spiro atoms. The number of nitrogens with zero attached hydrogens (tertiary/aromatic N) is 2. The molecule has 4 rings (SSSR count). The van der Waals surface area contributed by atoms with Crippen molar-refractivity contribution in [1.82, 2.24) is 9.80 Å². The molecule has 1 N–H and O–H groups in total. The average molecular weight is 465 g/mol. The van der Waals surface area contributed by atoms with Gasteiger partial charge in [-0.05, 0) is 67.3 Å². The molecule has 1 fully saturated rings. The van der Waals surface area contributed by atoms with Crippen LogP contribution >= 0.6 is 0 Å². The molecule has 0 radical (unpaired) electrons. The number of ether oxygens (including phenoxy) is 1. The van der Waals surface area contributed by atoms with Crippen molar-refractivity contribution in [3.63, 3.8) is 0 Å². The van der Waals surface area contributed by atoms with Crippen LogP contribution < -0.4 is 0 Å². The summed E-state index contributed by atoms with van der Waals surface area (Å²) in [5, 5.41) is 9.98. The van der Waals surface area contributed by atoms with Gasteiger partial charge in [0.05, 0.1) is 6.54 Å². The number of fused-ring (bicyclic) bond motifs is 1. The van der Waals surface area contributed by atoms with Gasteiger partial charge in [-0.15, -0.1) is 0 Å². The van der Waals surface area contributed by atoms with Crippen molar-refractivity contribution in [2.75, 3.05) is 13.1 Å². The van der Waals surface area contributed by atoms with Crippen LogP contribution in [0.1, 0.15) is 57.7 Å². The van der Waals surface area contributed by atoms with Crippen molar-refractivity contribution < 1.29 is 19.4 Å². The zero-order chi connectivity index (χ0) is 24.7. The fourth-order valence-corrected chi connectivity index (χ4v) is 5.19. The zero-order valence-electron chi connectivity index (χ0n) is 20.9. The summed E-state index contributed by atoms with van der Waals surface area (Å²) in [6.07, 6.45) is 0.831. The molecular formula is C28H36N2O4. The standard InChI is InChI=1S/C28H36N2O4/c1-19-17-29(14-13-28(19,5)22-11-8-12-23(31)16-22)25(32)24-15-20-9-6-7-10-21(20)18-30(24)26(33)34-27(2,3)4/h6-12,16,19,24,31H,13-15,17-18H2,1-5H3/t19-,24+,28+/m0/s1. The summed E-state index contributed by atoms with van der Waals surface area (Å²) in [5.41, 5.74) is 2.48. The molecule has 2 heterocycles. The van der Waals surface area contributed by atoms with Crippen molar-refractivity contribution in [2.45, 2.75) is 71.1 Å². The fourth-order valence-electron chi connectivity index (χ4n) is 5.19. The lowest BCUT2D eigenvalue weighted by atomic mass is 9.68. The van der Waals surface area contributed by atoms with E-state index in [2.05, 4.69) is 19.9 Å². The summed E-state index contributed by atoms with van der Waals surface area (Å²) >= 11 is 0. The van der Waals surface area contributed by atoms with E-state index in [4.69, 9.17) is 4.74 Å². The minimum atomic E-state index is -0.635. The molecule has 182 valence electrons. The molecule has 2 aromatic rings. The van der Waals surface area contributed by atoms with Crippen LogP contribution in [-0.4, -0.2) is 51.6 Å².